The van der Waals surface area contributed by atoms with E-state index in [0.717, 1.165) is 6.08 Å². The van der Waals surface area contributed by atoms with Gasteiger partial charge in [-0.25, -0.2) is 9.59 Å². The molecular formula is C15H9NO5. The first-order valence-electron chi connectivity index (χ1n) is 5.80. The molecule has 0 aliphatic rings. The third kappa shape index (κ3) is 3.16. The molecule has 2 N–H and O–H groups in total. The number of carboxylic acid groups (broad SMARTS) is 2. The highest BCUT2D eigenvalue weighted by Gasteiger charge is 2.09. The summed E-state index contributed by atoms with van der Waals surface area (Å²) in [6.07, 6.45) is 1.12. The van der Waals surface area contributed by atoms with Gasteiger partial charge < -0.3 is 14.6 Å². The highest BCUT2D eigenvalue weighted by molar-refractivity contribution is 5.96. The Morgan fingerprint density at radius 2 is 1.76 bits per heavy atom. The normalized spacial score (nSPS) is 10.9. The van der Waals surface area contributed by atoms with Crippen molar-refractivity contribution < 1.29 is 24.2 Å². The van der Waals surface area contributed by atoms with Gasteiger partial charge in [0, 0.05) is 11.6 Å². The molecular weight excluding hydrogens is 274 g/mol. The van der Waals surface area contributed by atoms with Crippen LogP contribution in [0, 0.1) is 11.3 Å². The Hall–Kier alpha value is -3.33. The van der Waals surface area contributed by atoms with Gasteiger partial charge in [-0.05, 0) is 24.3 Å². The number of nitriles is 1. The van der Waals surface area contributed by atoms with Gasteiger partial charge in [0.2, 0.25) is 0 Å². The number of aliphatic carboxylic acids is 1. The minimum atomic E-state index is -1.33. The maximum Gasteiger partial charge on any atom is 0.346 e. The zero-order valence-corrected chi connectivity index (χ0v) is 10.6. The molecule has 1 aromatic heterocycles. The molecule has 6 nitrogen and oxygen atoms in total. The van der Waals surface area contributed by atoms with Crippen LogP contribution in [0.25, 0.3) is 17.4 Å². The van der Waals surface area contributed by atoms with Crippen LogP contribution in [-0.2, 0) is 4.79 Å². The molecule has 104 valence electrons. The molecule has 0 bridgehead atoms. The molecule has 0 atom stereocenters. The van der Waals surface area contributed by atoms with Crippen LogP contribution in [0.3, 0.4) is 0 Å². The summed E-state index contributed by atoms with van der Waals surface area (Å²) < 4.78 is 5.41. The van der Waals surface area contributed by atoms with Crippen molar-refractivity contribution in [2.24, 2.45) is 0 Å². The van der Waals surface area contributed by atoms with Crippen molar-refractivity contribution in [3.8, 4) is 17.4 Å². The number of carboxylic acids is 2. The number of aromatic carboxylic acids is 1. The Morgan fingerprint density at radius 3 is 2.29 bits per heavy atom. The second kappa shape index (κ2) is 5.75. The molecule has 0 saturated heterocycles. The molecule has 2 rings (SSSR count). The van der Waals surface area contributed by atoms with Gasteiger partial charge in [0.15, 0.2) is 0 Å². The number of nitrogens with zero attached hydrogens (tertiary/aromatic N) is 1. The molecule has 0 radical (unpaired) electrons. The molecule has 0 saturated carbocycles. The molecule has 0 spiro atoms. The van der Waals surface area contributed by atoms with Crippen LogP contribution < -0.4 is 0 Å². The van der Waals surface area contributed by atoms with E-state index < -0.39 is 17.5 Å². The quantitative estimate of drug-likeness (QED) is 0.659. The lowest BCUT2D eigenvalue weighted by atomic mass is 10.1. The van der Waals surface area contributed by atoms with E-state index in [4.69, 9.17) is 19.9 Å². The maximum absolute atomic E-state index is 10.8. The first-order valence-corrected chi connectivity index (χ1v) is 5.80. The van der Waals surface area contributed by atoms with E-state index in [0.29, 0.717) is 11.3 Å². The fourth-order valence-electron chi connectivity index (χ4n) is 1.65. The van der Waals surface area contributed by atoms with Gasteiger partial charge in [0.1, 0.15) is 23.2 Å². The van der Waals surface area contributed by atoms with E-state index in [-0.39, 0.29) is 11.3 Å². The summed E-state index contributed by atoms with van der Waals surface area (Å²) in [5.41, 5.74) is 0.369. The number of benzene rings is 1. The lowest BCUT2D eigenvalue weighted by Gasteiger charge is -1.98. The third-order valence-electron chi connectivity index (χ3n) is 2.68. The lowest BCUT2D eigenvalue weighted by molar-refractivity contribution is -0.132. The van der Waals surface area contributed by atoms with Crippen molar-refractivity contribution in [2.45, 2.75) is 0 Å². The van der Waals surface area contributed by atoms with Crippen LogP contribution in [0.1, 0.15) is 16.1 Å². The minimum Gasteiger partial charge on any atom is -0.478 e. The second-order valence-corrected chi connectivity index (χ2v) is 4.06. The summed E-state index contributed by atoms with van der Waals surface area (Å²) in [6.45, 7) is 0. The lowest BCUT2D eigenvalue weighted by Crippen LogP contribution is -1.96. The van der Waals surface area contributed by atoms with Crippen LogP contribution in [0.15, 0.2) is 46.4 Å². The first-order chi connectivity index (χ1) is 10.0. The van der Waals surface area contributed by atoms with Crippen LogP contribution in [-0.4, -0.2) is 22.2 Å². The molecule has 1 heterocycles. The van der Waals surface area contributed by atoms with Gasteiger partial charge in [-0.2, -0.15) is 5.26 Å². The Kier molecular flexibility index (Phi) is 3.86. The summed E-state index contributed by atoms with van der Waals surface area (Å²) in [6, 6.07) is 10.7. The van der Waals surface area contributed by atoms with E-state index >= 15 is 0 Å². The number of rotatable bonds is 4. The van der Waals surface area contributed by atoms with Crippen molar-refractivity contribution in [2.75, 3.05) is 0 Å². The van der Waals surface area contributed by atoms with Crippen molar-refractivity contribution in [1.82, 2.24) is 0 Å². The smallest absolute Gasteiger partial charge is 0.346 e. The Bertz CT molecular complexity index is 762. The molecule has 0 aliphatic carbocycles. The predicted octanol–water partition coefficient (Wildman–Crippen LogP) is 2.64. The van der Waals surface area contributed by atoms with Crippen molar-refractivity contribution >= 4 is 18.0 Å². The molecule has 0 unspecified atom stereocenters. The second-order valence-electron chi connectivity index (χ2n) is 4.06. The van der Waals surface area contributed by atoms with Gasteiger partial charge in [0.05, 0.1) is 5.56 Å². The molecule has 0 aliphatic heterocycles. The largest absolute Gasteiger partial charge is 0.478 e. The Labute approximate surface area is 119 Å². The fraction of sp³-hybridized carbons (Fsp3) is 0. The molecule has 21 heavy (non-hydrogen) atoms. The van der Waals surface area contributed by atoms with Crippen molar-refractivity contribution in [1.29, 1.82) is 5.26 Å². The average molecular weight is 283 g/mol. The summed E-state index contributed by atoms with van der Waals surface area (Å²) in [5, 5.41) is 26.2. The van der Waals surface area contributed by atoms with Crippen LogP contribution in [0.2, 0.25) is 0 Å². The Morgan fingerprint density at radius 1 is 1.10 bits per heavy atom. The summed E-state index contributed by atoms with van der Waals surface area (Å²) in [7, 11) is 0. The third-order valence-corrected chi connectivity index (χ3v) is 2.68. The number of hydrogen-bond acceptors (Lipinski definition) is 4. The van der Waals surface area contributed by atoms with Crippen LogP contribution in [0.4, 0.5) is 0 Å². The van der Waals surface area contributed by atoms with Crippen molar-refractivity contribution in [3.05, 3.63) is 53.3 Å². The molecule has 0 amide bonds. The molecule has 1 aromatic carbocycles. The molecule has 2 aromatic rings. The van der Waals surface area contributed by atoms with Gasteiger partial charge in [0.25, 0.3) is 0 Å². The zero-order valence-electron chi connectivity index (χ0n) is 10.6. The summed E-state index contributed by atoms with van der Waals surface area (Å²) >= 11 is 0. The van der Waals surface area contributed by atoms with E-state index in [1.54, 1.807) is 24.3 Å². The van der Waals surface area contributed by atoms with Gasteiger partial charge in [-0.3, -0.25) is 0 Å². The van der Waals surface area contributed by atoms with Crippen LogP contribution >= 0.6 is 0 Å². The monoisotopic (exact) mass is 283 g/mol. The zero-order chi connectivity index (χ0) is 15.4. The standard InChI is InChI=1S/C15H9NO5/c16-8-11(15(19)20)7-12-5-6-13(21-12)9-1-3-10(4-2-9)14(17)18/h1-7H,(H,17,18)(H,19,20)/b11-7-. The average Bonchev–Trinajstić information content (AvgIpc) is 2.93. The SMILES string of the molecule is N#C/C(=C/c1ccc(-c2ccc(C(=O)O)cc2)o1)C(=O)O. The summed E-state index contributed by atoms with van der Waals surface area (Å²) in [4.78, 5) is 21.5. The first kappa shape index (κ1) is 14.1. The highest BCUT2D eigenvalue weighted by Crippen LogP contribution is 2.23. The predicted molar refractivity (Wildman–Crippen MR) is 72.3 cm³/mol. The fourth-order valence-corrected chi connectivity index (χ4v) is 1.65. The van der Waals surface area contributed by atoms with E-state index in [2.05, 4.69) is 0 Å². The van der Waals surface area contributed by atoms with Gasteiger partial charge >= 0.3 is 11.9 Å². The van der Waals surface area contributed by atoms with Gasteiger partial charge in [-0.1, -0.05) is 12.1 Å². The highest BCUT2D eigenvalue weighted by atomic mass is 16.4. The van der Waals surface area contributed by atoms with Gasteiger partial charge in [-0.15, -0.1) is 0 Å². The number of hydrogen-bond donors (Lipinski definition) is 2. The Balaban J connectivity index is 2.30. The van der Waals surface area contributed by atoms with E-state index in [1.165, 1.54) is 18.2 Å². The topological polar surface area (TPSA) is 112 Å². The van der Waals surface area contributed by atoms with E-state index in [9.17, 15) is 9.59 Å². The number of furan rings is 1. The minimum absolute atomic E-state index is 0.156. The van der Waals surface area contributed by atoms with Crippen LogP contribution in [0.5, 0.6) is 0 Å². The maximum atomic E-state index is 10.8. The van der Waals surface area contributed by atoms with E-state index in [1.807, 2.05) is 0 Å². The number of carbonyl (C=O) groups is 2. The molecule has 0 fully saturated rings. The molecule has 6 heteroatoms. The summed E-state index contributed by atoms with van der Waals surface area (Å²) in [5.74, 6) is -1.68. The van der Waals surface area contributed by atoms with Crippen molar-refractivity contribution in [3.63, 3.8) is 0 Å².